The molecular formula is C39H50N8O13S. The number of likely N-dealkylation sites (N-methyl/N-ethyl adjacent to an activating group) is 1. The molecule has 3 saturated heterocycles. The van der Waals surface area contributed by atoms with Gasteiger partial charge in [0, 0.05) is 53.2 Å². The van der Waals surface area contributed by atoms with Gasteiger partial charge in [-0.25, -0.2) is 9.97 Å². The summed E-state index contributed by atoms with van der Waals surface area (Å²) >= 11 is 5.65. The summed E-state index contributed by atoms with van der Waals surface area (Å²) in [6.07, 6.45) is -9.78. The number of aliphatic hydroxyl groups excluding tert-OH is 4. The van der Waals surface area contributed by atoms with Crippen molar-refractivity contribution in [1.82, 2.24) is 24.8 Å². The van der Waals surface area contributed by atoms with Gasteiger partial charge in [0.2, 0.25) is 11.8 Å². The molecule has 330 valence electrons. The number of methoxy groups -OCH3 is 2. The predicted octanol–water partition coefficient (Wildman–Crippen LogP) is -0.755. The summed E-state index contributed by atoms with van der Waals surface area (Å²) in [5, 5.41) is 57.9. The number of carbonyl (C=O) groups is 3. The molecule has 1 aromatic carbocycles. The van der Waals surface area contributed by atoms with Crippen LogP contribution in [-0.4, -0.2) is 171 Å². The molecule has 3 fully saturated rings. The van der Waals surface area contributed by atoms with E-state index in [1.165, 1.54) is 39.6 Å². The number of anilines is 2. The molecule has 4 unspecified atom stereocenters. The van der Waals surface area contributed by atoms with Gasteiger partial charge in [-0.3, -0.25) is 19.0 Å². The van der Waals surface area contributed by atoms with E-state index in [0.717, 1.165) is 6.42 Å². The Bertz CT molecular complexity index is 2090. The van der Waals surface area contributed by atoms with E-state index in [9.17, 15) is 34.8 Å². The Labute approximate surface area is 356 Å². The van der Waals surface area contributed by atoms with Crippen LogP contribution in [0.15, 0.2) is 42.9 Å². The SMILES string of the molecule is CO[C@@H]1OC(CO)[C@@H](O)[C@H](O[C@@H]2OC(C(=O)Nc3ccc(OC(=S)n4ccc5c(N(C)[C@H]6CN(C(=O)CC#N)CC[C@H]6C)ncnc54)cc3)[C@@H](OC)[C@H](O)C2O)C1NC(C)=O. The Morgan fingerprint density at radius 2 is 1.77 bits per heavy atom. The Kier molecular flexibility index (Phi) is 14.8. The van der Waals surface area contributed by atoms with Crippen molar-refractivity contribution in [2.75, 3.05) is 51.2 Å². The molecule has 3 aliphatic rings. The standard InChI is InChI=1S/C39H50N8O13S/c1-19-11-14-46(26(50)10-13-40)16-24(19)45(3)34-23-12-15-47(35(23)42-18-41-34)39(61)57-22-8-6-21(7-9-22)44-36(54)33-32(55-4)29(52)30(53)38(60-33)59-31-27(43-20(2)49)37(56-5)58-25(17-48)28(31)51/h6-9,12,15,18-19,24-25,27-33,37-38,48,51-53H,10-11,14,16-17H2,1-5H3,(H,43,49)(H,44,54)/t19-,24+,25?,27?,28-,29-,30?,31-,32+,33?,37-,38-/m1/s1. The van der Waals surface area contributed by atoms with Crippen LogP contribution in [0.2, 0.25) is 0 Å². The average Bonchev–Trinajstić information content (AvgIpc) is 3.69. The molecule has 6 rings (SSSR count). The second-order valence-electron chi connectivity index (χ2n) is 15.0. The Hall–Kier alpha value is -4.93. The number of aromatic nitrogens is 3. The normalized spacial score (nSPS) is 30.3. The molecule has 6 N–H and O–H groups in total. The lowest BCUT2D eigenvalue weighted by molar-refractivity contribution is -0.338. The fourth-order valence-electron chi connectivity index (χ4n) is 7.85. The number of benzene rings is 1. The largest absolute Gasteiger partial charge is 0.431 e. The molecule has 2 aromatic heterocycles. The average molecular weight is 871 g/mol. The van der Waals surface area contributed by atoms with Crippen molar-refractivity contribution in [1.29, 1.82) is 5.26 Å². The highest BCUT2D eigenvalue weighted by Crippen LogP contribution is 2.33. The summed E-state index contributed by atoms with van der Waals surface area (Å²) in [6.45, 7) is 3.73. The number of carbonyl (C=O) groups excluding carboxylic acids is 3. The van der Waals surface area contributed by atoms with E-state index in [1.54, 1.807) is 27.8 Å². The summed E-state index contributed by atoms with van der Waals surface area (Å²) in [7, 11) is 4.41. The second-order valence-corrected chi connectivity index (χ2v) is 15.4. The highest BCUT2D eigenvalue weighted by Gasteiger charge is 2.53. The smallest absolute Gasteiger partial charge is 0.274 e. The minimum absolute atomic E-state index is 0.0491. The van der Waals surface area contributed by atoms with E-state index in [0.29, 0.717) is 35.7 Å². The van der Waals surface area contributed by atoms with Crippen molar-refractivity contribution < 1.29 is 63.2 Å². The number of hydrogen-bond acceptors (Lipinski definition) is 18. The highest BCUT2D eigenvalue weighted by molar-refractivity contribution is 7.80. The van der Waals surface area contributed by atoms with E-state index in [4.69, 9.17) is 45.9 Å². The van der Waals surface area contributed by atoms with Crippen LogP contribution in [0.5, 0.6) is 5.75 Å². The van der Waals surface area contributed by atoms with Crippen molar-refractivity contribution >= 4 is 57.7 Å². The number of nitrogens with zero attached hydrogens (tertiary/aromatic N) is 6. The second kappa shape index (κ2) is 19.8. The lowest BCUT2D eigenvalue weighted by atomic mass is 9.92. The zero-order chi connectivity index (χ0) is 44.1. The van der Waals surface area contributed by atoms with Gasteiger partial charge < -0.3 is 69.3 Å². The number of aliphatic hydroxyl groups is 4. The molecule has 21 nitrogen and oxygen atoms in total. The molecule has 0 bridgehead atoms. The minimum Gasteiger partial charge on any atom is -0.431 e. The van der Waals surface area contributed by atoms with E-state index >= 15 is 0 Å². The van der Waals surface area contributed by atoms with Gasteiger partial charge in [-0.15, -0.1) is 0 Å². The Balaban J connectivity index is 1.12. The van der Waals surface area contributed by atoms with Crippen LogP contribution in [0.1, 0.15) is 26.7 Å². The van der Waals surface area contributed by atoms with Crippen LogP contribution in [0, 0.1) is 17.2 Å². The van der Waals surface area contributed by atoms with Crippen molar-refractivity contribution in [3.63, 3.8) is 0 Å². The van der Waals surface area contributed by atoms with Gasteiger partial charge in [0.1, 0.15) is 67.0 Å². The van der Waals surface area contributed by atoms with Gasteiger partial charge in [-0.1, -0.05) is 6.92 Å². The fourth-order valence-corrected chi connectivity index (χ4v) is 8.09. The fraction of sp³-hybridized carbons (Fsp3) is 0.564. The van der Waals surface area contributed by atoms with Crippen LogP contribution in [0.3, 0.4) is 0 Å². The molecule has 0 saturated carbocycles. The van der Waals surface area contributed by atoms with E-state index in [1.807, 2.05) is 24.1 Å². The molecule has 12 atom stereocenters. The third-order valence-electron chi connectivity index (χ3n) is 11.1. The third kappa shape index (κ3) is 9.76. The van der Waals surface area contributed by atoms with Crippen LogP contribution >= 0.6 is 12.2 Å². The maximum atomic E-state index is 13.7. The molecule has 3 aromatic rings. The summed E-state index contributed by atoms with van der Waals surface area (Å²) in [5.74, 6) is -0.304. The van der Waals surface area contributed by atoms with Gasteiger partial charge >= 0.3 is 0 Å². The van der Waals surface area contributed by atoms with E-state index in [2.05, 4.69) is 27.5 Å². The van der Waals surface area contributed by atoms with Gasteiger partial charge in [0.15, 0.2) is 24.3 Å². The highest BCUT2D eigenvalue weighted by atomic mass is 32.1. The number of hydrogen-bond donors (Lipinski definition) is 6. The van der Waals surface area contributed by atoms with Crippen LogP contribution in [0.4, 0.5) is 11.5 Å². The van der Waals surface area contributed by atoms with Gasteiger partial charge in [0.05, 0.1) is 24.1 Å². The van der Waals surface area contributed by atoms with Gasteiger partial charge in [0.25, 0.3) is 11.1 Å². The third-order valence-corrected chi connectivity index (χ3v) is 11.4. The first-order chi connectivity index (χ1) is 29.2. The molecule has 3 amide bonds. The van der Waals surface area contributed by atoms with Crippen LogP contribution < -0.4 is 20.3 Å². The maximum absolute atomic E-state index is 13.7. The number of nitrogens with one attached hydrogen (secondary N) is 2. The Morgan fingerprint density at radius 1 is 1.03 bits per heavy atom. The van der Waals surface area contributed by atoms with Crippen LogP contribution in [-0.2, 0) is 38.1 Å². The number of likely N-dealkylation sites (tertiary alicyclic amines) is 1. The summed E-state index contributed by atoms with van der Waals surface area (Å²) in [4.78, 5) is 51.0. The minimum atomic E-state index is -1.79. The number of nitriles is 1. The maximum Gasteiger partial charge on any atom is 0.274 e. The number of amides is 3. The molecule has 0 aliphatic carbocycles. The lowest BCUT2D eigenvalue weighted by Gasteiger charge is -2.47. The summed E-state index contributed by atoms with van der Waals surface area (Å²) in [6, 6.07) is 8.74. The molecule has 0 radical (unpaired) electrons. The van der Waals surface area contributed by atoms with Gasteiger partial charge in [-0.05, 0) is 54.9 Å². The van der Waals surface area contributed by atoms with Gasteiger partial charge in [-0.2, -0.15) is 5.26 Å². The quantitative estimate of drug-likeness (QED) is 0.122. The summed E-state index contributed by atoms with van der Waals surface area (Å²) < 4.78 is 35.6. The molecular weight excluding hydrogens is 821 g/mol. The monoisotopic (exact) mass is 870 g/mol. The summed E-state index contributed by atoms with van der Waals surface area (Å²) in [5.41, 5.74) is 0.779. The van der Waals surface area contributed by atoms with E-state index in [-0.39, 0.29) is 35.1 Å². The van der Waals surface area contributed by atoms with Crippen molar-refractivity contribution in [2.45, 2.75) is 94.1 Å². The predicted molar refractivity (Wildman–Crippen MR) is 217 cm³/mol. The zero-order valence-corrected chi connectivity index (χ0v) is 34.9. The van der Waals surface area contributed by atoms with Crippen molar-refractivity contribution in [3.05, 3.63) is 42.9 Å². The molecule has 22 heteroatoms. The molecule has 3 aliphatic heterocycles. The van der Waals surface area contributed by atoms with E-state index < -0.39 is 79.8 Å². The number of piperidine rings is 1. The number of rotatable bonds is 12. The molecule has 5 heterocycles. The lowest BCUT2D eigenvalue weighted by Crippen LogP contribution is -2.68. The zero-order valence-electron chi connectivity index (χ0n) is 34.1. The number of thiocarbonyl (C=S) groups is 1. The number of ether oxygens (including phenoxy) is 6. The topological polar surface area (TPSA) is 273 Å². The Morgan fingerprint density at radius 3 is 2.43 bits per heavy atom. The molecule has 0 spiro atoms. The van der Waals surface area contributed by atoms with Crippen molar-refractivity contribution in [3.8, 4) is 11.8 Å². The first-order valence-electron chi connectivity index (χ1n) is 19.5. The molecule has 61 heavy (non-hydrogen) atoms. The van der Waals surface area contributed by atoms with Crippen molar-refractivity contribution in [2.24, 2.45) is 5.92 Å². The first kappa shape index (κ1) is 45.6. The van der Waals surface area contributed by atoms with Crippen LogP contribution in [0.25, 0.3) is 11.0 Å². The number of fused-ring (bicyclic) bond motifs is 1. The first-order valence-corrected chi connectivity index (χ1v) is 19.9.